The molecular weight excluding hydrogens is 578 g/mol. The van der Waals surface area contributed by atoms with Gasteiger partial charge in [0.2, 0.25) is 0 Å². The maximum atomic E-state index is 14.2. The van der Waals surface area contributed by atoms with Crippen LogP contribution in [0, 0.1) is 11.8 Å². The number of benzene rings is 2. The summed E-state index contributed by atoms with van der Waals surface area (Å²) in [6.07, 6.45) is -0.102. The number of nitrogens with zero attached hydrogens (tertiary/aromatic N) is 2. The number of likely N-dealkylation sites (N-methyl/N-ethyl adjacent to an activating group) is 1. The molecule has 1 fully saturated rings. The third-order valence-corrected chi connectivity index (χ3v) is 9.14. The Bertz CT molecular complexity index is 1590. The largest absolute Gasteiger partial charge is 0.511 e. The molecule has 0 aromatic heterocycles. The lowest BCUT2D eigenvalue weighted by Gasteiger charge is -2.36. The number of phenols is 1. The molecule has 2 aromatic carbocycles. The van der Waals surface area contributed by atoms with Gasteiger partial charge in [0.15, 0.2) is 11.6 Å². The highest BCUT2D eigenvalue weighted by Crippen LogP contribution is 2.46. The summed E-state index contributed by atoms with van der Waals surface area (Å²) in [5.74, 6) is -4.10. The standard InChI is InChI=1S/C34H41N3O8/c1-18-13-20-15-23-21(22-14-19(5-8-27(22)44-4)17-37-9-11-45-12-10-37)6-7-24(38)29(23)32(41)28(20)25(39)16-26(40)30(34(35)43)33(42)31(18)36(2)3/h5-8,14,18,20,31,38-39,42H,9-13,15-17H2,1-4H3,(H2,35,43)/b28-25-,33-30-/t18-,20+,31-/m0/s1. The van der Waals surface area contributed by atoms with Gasteiger partial charge in [-0.05, 0) is 73.7 Å². The summed E-state index contributed by atoms with van der Waals surface area (Å²) >= 11 is 0. The number of aliphatic hydroxyl groups excluding tert-OH is 2. The Morgan fingerprint density at radius 1 is 1.09 bits per heavy atom. The van der Waals surface area contributed by atoms with Crippen molar-refractivity contribution in [3.8, 4) is 22.6 Å². The number of phenolic OH excluding ortho intramolecular Hbond substituents is 1. The third kappa shape index (κ3) is 6.20. The molecule has 5 rings (SSSR count). The average molecular weight is 620 g/mol. The van der Waals surface area contributed by atoms with Crippen molar-refractivity contribution in [3.05, 3.63) is 69.7 Å². The minimum absolute atomic E-state index is 0.0194. The number of hydrogen-bond donors (Lipinski definition) is 4. The van der Waals surface area contributed by atoms with Crippen LogP contribution in [0.1, 0.15) is 41.3 Å². The van der Waals surface area contributed by atoms with Gasteiger partial charge in [0, 0.05) is 30.8 Å². The first kappa shape index (κ1) is 32.2. The van der Waals surface area contributed by atoms with E-state index in [-0.39, 0.29) is 29.2 Å². The number of morpholine rings is 1. The molecule has 0 spiro atoms. The highest BCUT2D eigenvalue weighted by atomic mass is 16.5. The predicted molar refractivity (Wildman–Crippen MR) is 167 cm³/mol. The van der Waals surface area contributed by atoms with Crippen molar-refractivity contribution in [2.24, 2.45) is 17.6 Å². The van der Waals surface area contributed by atoms with Crippen molar-refractivity contribution in [1.29, 1.82) is 0 Å². The molecule has 3 atom stereocenters. The monoisotopic (exact) mass is 619 g/mol. The Balaban J connectivity index is 1.64. The van der Waals surface area contributed by atoms with Crippen LogP contribution in [0.2, 0.25) is 0 Å². The zero-order valence-electron chi connectivity index (χ0n) is 26.1. The fourth-order valence-corrected chi connectivity index (χ4v) is 7.16. The van der Waals surface area contributed by atoms with Gasteiger partial charge >= 0.3 is 0 Å². The smallest absolute Gasteiger partial charge is 0.255 e. The van der Waals surface area contributed by atoms with Crippen LogP contribution in [0.5, 0.6) is 11.5 Å². The van der Waals surface area contributed by atoms with E-state index in [1.807, 2.05) is 25.1 Å². The molecule has 0 unspecified atom stereocenters. The molecule has 1 amide bonds. The second kappa shape index (κ2) is 13.0. The van der Waals surface area contributed by atoms with Gasteiger partial charge in [0.25, 0.3) is 5.91 Å². The molecule has 3 aliphatic rings. The van der Waals surface area contributed by atoms with Gasteiger partial charge < -0.3 is 30.5 Å². The Hall–Kier alpha value is -4.19. The Morgan fingerprint density at radius 3 is 2.44 bits per heavy atom. The number of nitrogens with two attached hydrogens (primary N) is 1. The molecule has 2 aromatic rings. The van der Waals surface area contributed by atoms with Gasteiger partial charge in [0.1, 0.15) is 28.6 Å². The SMILES string of the molecule is COc1ccc(CN2CCOCC2)cc1-c1ccc(O)c2c1C[C@H]1C[C@H](C)[C@H](N(C)C)/C(O)=C(/C(N)=O)C(=O)C/C(O)=C\1C2=O. The number of carbonyl (C=O) groups is 3. The van der Waals surface area contributed by atoms with E-state index < -0.39 is 52.9 Å². The molecule has 240 valence electrons. The summed E-state index contributed by atoms with van der Waals surface area (Å²) in [6.45, 7) is 5.57. The van der Waals surface area contributed by atoms with E-state index in [2.05, 4.69) is 4.90 Å². The van der Waals surface area contributed by atoms with Gasteiger partial charge in [-0.15, -0.1) is 0 Å². The van der Waals surface area contributed by atoms with Gasteiger partial charge in [-0.2, -0.15) is 0 Å². The molecule has 11 nitrogen and oxygen atoms in total. The number of Topliss-reactive ketones (excluding diaryl/α,β-unsaturated/α-hetero) is 2. The number of ketones is 2. The summed E-state index contributed by atoms with van der Waals surface area (Å²) in [5, 5.41) is 33.4. The summed E-state index contributed by atoms with van der Waals surface area (Å²) in [5.41, 5.74) is 8.14. The number of allylic oxidation sites excluding steroid dienone is 2. The van der Waals surface area contributed by atoms with Gasteiger partial charge in [-0.25, -0.2) is 0 Å². The fourth-order valence-electron chi connectivity index (χ4n) is 7.16. The van der Waals surface area contributed by atoms with Crippen molar-refractivity contribution in [2.45, 2.75) is 38.8 Å². The highest BCUT2D eigenvalue weighted by molar-refractivity contribution is 6.20. The molecule has 5 N–H and O–H groups in total. The van der Waals surface area contributed by atoms with Crippen LogP contribution < -0.4 is 10.5 Å². The number of carbonyl (C=O) groups excluding carboxylic acids is 3. The lowest BCUT2D eigenvalue weighted by atomic mass is 9.70. The normalized spacial score (nSPS) is 26.4. The van der Waals surface area contributed by atoms with E-state index in [0.29, 0.717) is 37.5 Å². The number of aliphatic hydroxyl groups is 2. The maximum Gasteiger partial charge on any atom is 0.255 e. The van der Waals surface area contributed by atoms with Crippen molar-refractivity contribution >= 4 is 17.5 Å². The zero-order valence-corrected chi connectivity index (χ0v) is 26.1. The fraction of sp³-hybridized carbons (Fsp3) is 0.441. The van der Waals surface area contributed by atoms with Crippen LogP contribution in [-0.2, 0) is 27.3 Å². The van der Waals surface area contributed by atoms with Crippen LogP contribution in [-0.4, -0.2) is 96.1 Å². The number of aromatic hydroxyl groups is 1. The molecule has 1 aliphatic heterocycles. The molecule has 1 heterocycles. The quantitative estimate of drug-likeness (QED) is 0.353. The summed E-state index contributed by atoms with van der Waals surface area (Å²) in [7, 11) is 5.02. The molecule has 0 bridgehead atoms. The second-order valence-electron chi connectivity index (χ2n) is 12.3. The molecule has 0 saturated carbocycles. The number of ether oxygens (including phenoxy) is 2. The number of rotatable bonds is 6. The third-order valence-electron chi connectivity index (χ3n) is 9.14. The lowest BCUT2D eigenvalue weighted by Crippen LogP contribution is -2.41. The van der Waals surface area contributed by atoms with Crippen molar-refractivity contribution < 1.29 is 39.2 Å². The minimum atomic E-state index is -1.11. The lowest BCUT2D eigenvalue weighted by molar-refractivity contribution is -0.121. The highest BCUT2D eigenvalue weighted by Gasteiger charge is 2.41. The number of amides is 1. The van der Waals surface area contributed by atoms with Crippen molar-refractivity contribution in [2.75, 3.05) is 47.5 Å². The van der Waals surface area contributed by atoms with Crippen LogP contribution >= 0.6 is 0 Å². The first-order chi connectivity index (χ1) is 21.4. The maximum absolute atomic E-state index is 14.2. The van der Waals surface area contributed by atoms with Crippen LogP contribution in [0.15, 0.2) is 53.0 Å². The Morgan fingerprint density at radius 2 is 1.80 bits per heavy atom. The Kier molecular flexibility index (Phi) is 9.33. The van der Waals surface area contributed by atoms with Crippen molar-refractivity contribution in [1.82, 2.24) is 9.80 Å². The van der Waals surface area contributed by atoms with E-state index in [1.54, 1.807) is 32.2 Å². The topological polar surface area (TPSA) is 163 Å². The molecule has 1 saturated heterocycles. The average Bonchev–Trinajstić information content (AvgIpc) is 2.97. The van der Waals surface area contributed by atoms with E-state index in [4.69, 9.17) is 15.2 Å². The summed E-state index contributed by atoms with van der Waals surface area (Å²) in [4.78, 5) is 43.7. The van der Waals surface area contributed by atoms with Crippen LogP contribution in [0.25, 0.3) is 11.1 Å². The number of primary amides is 1. The minimum Gasteiger partial charge on any atom is -0.511 e. The van der Waals surface area contributed by atoms with Gasteiger partial charge in [0.05, 0.1) is 38.3 Å². The Labute approximate surface area is 262 Å². The molecule has 11 heteroatoms. The molecule has 0 radical (unpaired) electrons. The first-order valence-corrected chi connectivity index (χ1v) is 15.1. The number of hydrogen-bond acceptors (Lipinski definition) is 10. The molecular formula is C34H41N3O8. The van der Waals surface area contributed by atoms with E-state index in [9.17, 15) is 29.7 Å². The van der Waals surface area contributed by atoms with E-state index in [0.717, 1.165) is 29.8 Å². The number of methoxy groups -OCH3 is 1. The van der Waals surface area contributed by atoms with Crippen LogP contribution in [0.4, 0.5) is 0 Å². The molecule has 45 heavy (non-hydrogen) atoms. The summed E-state index contributed by atoms with van der Waals surface area (Å²) in [6, 6.07) is 8.43. The van der Waals surface area contributed by atoms with E-state index in [1.165, 1.54) is 6.07 Å². The van der Waals surface area contributed by atoms with E-state index >= 15 is 0 Å². The predicted octanol–water partition coefficient (Wildman–Crippen LogP) is 3.29. The molecule has 2 aliphatic carbocycles. The van der Waals surface area contributed by atoms with Crippen LogP contribution in [0.3, 0.4) is 0 Å². The summed E-state index contributed by atoms with van der Waals surface area (Å²) < 4.78 is 11.2. The van der Waals surface area contributed by atoms with Crippen molar-refractivity contribution in [3.63, 3.8) is 0 Å². The van der Waals surface area contributed by atoms with Gasteiger partial charge in [-0.3, -0.25) is 24.2 Å². The second-order valence-corrected chi connectivity index (χ2v) is 12.3. The number of fused-ring (bicyclic) bond motifs is 2. The zero-order chi connectivity index (χ0) is 32.6. The van der Waals surface area contributed by atoms with Gasteiger partial charge in [-0.1, -0.05) is 19.1 Å². The first-order valence-electron chi connectivity index (χ1n) is 15.1.